The number of hydrogen-bond donors (Lipinski definition) is 2. The van der Waals surface area contributed by atoms with Crippen LogP contribution in [0.3, 0.4) is 0 Å². The molecule has 114 valence electrons. The first-order valence-electron chi connectivity index (χ1n) is 6.06. The van der Waals surface area contributed by atoms with Gasteiger partial charge in [-0.3, -0.25) is 5.84 Å². The van der Waals surface area contributed by atoms with Crippen molar-refractivity contribution in [2.45, 2.75) is 26.3 Å². The second-order valence-electron chi connectivity index (χ2n) is 4.40. The Balaban J connectivity index is 2.35. The number of nitrogens with two attached hydrogens (primary N) is 1. The van der Waals surface area contributed by atoms with E-state index in [1.807, 2.05) is 13.8 Å². The molecule has 0 radical (unpaired) electrons. The Morgan fingerprint density at radius 2 is 2.05 bits per heavy atom. The summed E-state index contributed by atoms with van der Waals surface area (Å²) in [6.07, 6.45) is -4.72. The van der Waals surface area contributed by atoms with Crippen LogP contribution in [-0.2, 0) is 0 Å². The highest BCUT2D eigenvalue weighted by Gasteiger charge is 2.31. The van der Waals surface area contributed by atoms with Gasteiger partial charge in [-0.15, -0.1) is 24.5 Å². The van der Waals surface area contributed by atoms with Gasteiger partial charge in [0.1, 0.15) is 5.75 Å². The molecule has 0 amide bonds. The van der Waals surface area contributed by atoms with E-state index < -0.39 is 12.4 Å². The quantitative estimate of drug-likeness (QED) is 0.671. The summed E-state index contributed by atoms with van der Waals surface area (Å²) in [5.41, 5.74) is 3.98. The molecule has 1 aromatic heterocycles. The Hall–Kier alpha value is -1.64. The summed E-state index contributed by atoms with van der Waals surface area (Å²) in [4.78, 5) is 5.16. The van der Waals surface area contributed by atoms with Crippen LogP contribution >= 0.6 is 11.3 Å². The van der Waals surface area contributed by atoms with E-state index in [1.165, 1.54) is 29.5 Å². The van der Waals surface area contributed by atoms with Crippen LogP contribution in [0.4, 0.5) is 13.2 Å². The predicted octanol–water partition coefficient (Wildman–Crippen LogP) is 3.21. The van der Waals surface area contributed by atoms with Crippen LogP contribution in [-0.4, -0.2) is 11.3 Å². The third kappa shape index (κ3) is 3.93. The molecular weight excluding hydrogens is 303 g/mol. The van der Waals surface area contributed by atoms with Crippen molar-refractivity contribution in [3.63, 3.8) is 0 Å². The monoisotopic (exact) mass is 317 g/mol. The van der Waals surface area contributed by atoms with E-state index in [4.69, 9.17) is 5.84 Å². The summed E-state index contributed by atoms with van der Waals surface area (Å²) in [5, 5.41) is 0.866. The predicted molar refractivity (Wildman–Crippen MR) is 73.9 cm³/mol. The molecule has 0 saturated heterocycles. The molecule has 0 fully saturated rings. The third-order valence-electron chi connectivity index (χ3n) is 2.79. The smallest absolute Gasteiger partial charge is 0.406 e. The minimum absolute atomic E-state index is 0.279. The summed E-state index contributed by atoms with van der Waals surface area (Å²) in [7, 11) is 0. The highest BCUT2D eigenvalue weighted by molar-refractivity contribution is 7.11. The van der Waals surface area contributed by atoms with Crippen molar-refractivity contribution in [3.05, 3.63) is 45.4 Å². The highest BCUT2D eigenvalue weighted by atomic mass is 32.1. The second-order valence-corrected chi connectivity index (χ2v) is 5.64. The molecule has 21 heavy (non-hydrogen) atoms. The first kappa shape index (κ1) is 15.7. The summed E-state index contributed by atoms with van der Waals surface area (Å²) < 4.78 is 40.8. The Morgan fingerprint density at radius 1 is 1.33 bits per heavy atom. The molecule has 4 nitrogen and oxygen atoms in total. The van der Waals surface area contributed by atoms with E-state index in [9.17, 15) is 13.2 Å². The normalized spacial score (nSPS) is 13.2. The van der Waals surface area contributed by atoms with Crippen LogP contribution in [0.25, 0.3) is 0 Å². The average molecular weight is 317 g/mol. The Morgan fingerprint density at radius 3 is 2.57 bits per heavy atom. The van der Waals surface area contributed by atoms with Crippen molar-refractivity contribution < 1.29 is 17.9 Å². The molecule has 1 aromatic carbocycles. The number of halogens is 3. The summed E-state index contributed by atoms with van der Waals surface area (Å²) in [6.45, 7) is 3.69. The second kappa shape index (κ2) is 6.00. The van der Waals surface area contributed by atoms with Gasteiger partial charge in [0, 0.05) is 0 Å². The number of aryl methyl sites for hydroxylation is 2. The molecule has 1 unspecified atom stereocenters. The van der Waals surface area contributed by atoms with Gasteiger partial charge in [0.25, 0.3) is 0 Å². The number of hydrogen-bond acceptors (Lipinski definition) is 5. The zero-order valence-electron chi connectivity index (χ0n) is 11.4. The van der Waals surface area contributed by atoms with E-state index in [0.717, 1.165) is 15.6 Å². The number of hydrazine groups is 1. The zero-order valence-corrected chi connectivity index (χ0v) is 12.2. The number of thiazole rings is 1. The summed E-state index contributed by atoms with van der Waals surface area (Å²) >= 11 is 1.44. The number of aromatic nitrogens is 1. The highest BCUT2D eigenvalue weighted by Crippen LogP contribution is 2.32. The standard InChI is InChI=1S/C13H14F3N3OS/c1-7-12(21-8(2)18-7)11(19-17)9-4-3-5-10(6-9)20-13(14,15)16/h3-6,11,19H,17H2,1-2H3. The molecule has 3 N–H and O–H groups in total. The number of rotatable bonds is 4. The minimum Gasteiger partial charge on any atom is -0.406 e. The fourth-order valence-electron chi connectivity index (χ4n) is 2.03. The SMILES string of the molecule is Cc1nc(C)c(C(NN)c2cccc(OC(F)(F)F)c2)s1. The van der Waals surface area contributed by atoms with E-state index >= 15 is 0 Å². The molecule has 2 rings (SSSR count). The van der Waals surface area contributed by atoms with Crippen molar-refractivity contribution in [2.75, 3.05) is 0 Å². The lowest BCUT2D eigenvalue weighted by Gasteiger charge is -2.17. The number of ether oxygens (including phenoxy) is 1. The van der Waals surface area contributed by atoms with Crippen LogP contribution in [0.5, 0.6) is 5.75 Å². The van der Waals surface area contributed by atoms with Gasteiger partial charge in [0.05, 0.1) is 21.6 Å². The number of nitrogens with one attached hydrogen (secondary N) is 1. The van der Waals surface area contributed by atoms with Crippen molar-refractivity contribution in [2.24, 2.45) is 5.84 Å². The number of alkyl halides is 3. The van der Waals surface area contributed by atoms with E-state index in [-0.39, 0.29) is 5.75 Å². The Kier molecular flexibility index (Phi) is 4.50. The van der Waals surface area contributed by atoms with Gasteiger partial charge < -0.3 is 4.74 Å². The molecule has 2 aromatic rings. The van der Waals surface area contributed by atoms with Crippen molar-refractivity contribution in [1.29, 1.82) is 0 Å². The van der Waals surface area contributed by atoms with Crippen molar-refractivity contribution in [1.82, 2.24) is 10.4 Å². The number of nitrogens with zero attached hydrogens (tertiary/aromatic N) is 1. The molecule has 0 aliphatic rings. The lowest BCUT2D eigenvalue weighted by molar-refractivity contribution is -0.274. The molecular formula is C13H14F3N3OS. The van der Waals surface area contributed by atoms with Crippen LogP contribution in [0.1, 0.15) is 27.2 Å². The fourth-order valence-corrected chi connectivity index (χ4v) is 3.05. The van der Waals surface area contributed by atoms with Gasteiger partial charge in [-0.1, -0.05) is 12.1 Å². The lowest BCUT2D eigenvalue weighted by atomic mass is 10.0. The van der Waals surface area contributed by atoms with Crippen LogP contribution < -0.4 is 16.0 Å². The molecule has 8 heteroatoms. The summed E-state index contributed by atoms with van der Waals surface area (Å²) in [6, 6.07) is 5.29. The molecule has 0 spiro atoms. The van der Waals surface area contributed by atoms with E-state index in [1.54, 1.807) is 6.07 Å². The largest absolute Gasteiger partial charge is 0.573 e. The van der Waals surface area contributed by atoms with Gasteiger partial charge in [-0.25, -0.2) is 10.4 Å². The molecule has 1 atom stereocenters. The molecule has 0 bridgehead atoms. The number of benzene rings is 1. The average Bonchev–Trinajstić information content (AvgIpc) is 2.68. The van der Waals surface area contributed by atoms with Crippen molar-refractivity contribution >= 4 is 11.3 Å². The third-order valence-corrected chi connectivity index (χ3v) is 3.93. The van der Waals surface area contributed by atoms with Crippen molar-refractivity contribution in [3.8, 4) is 5.75 Å². The van der Waals surface area contributed by atoms with Gasteiger partial charge in [-0.05, 0) is 31.5 Å². The maximum atomic E-state index is 12.3. The summed E-state index contributed by atoms with van der Waals surface area (Å²) in [5.74, 6) is 5.28. The van der Waals surface area contributed by atoms with Gasteiger partial charge in [0.2, 0.25) is 0 Å². The zero-order chi connectivity index (χ0) is 15.6. The molecule has 1 heterocycles. The van der Waals surface area contributed by atoms with Crippen LogP contribution in [0.15, 0.2) is 24.3 Å². The van der Waals surface area contributed by atoms with Crippen LogP contribution in [0, 0.1) is 13.8 Å². The van der Waals surface area contributed by atoms with E-state index in [0.29, 0.717) is 5.56 Å². The topological polar surface area (TPSA) is 60.2 Å². The maximum Gasteiger partial charge on any atom is 0.573 e. The van der Waals surface area contributed by atoms with E-state index in [2.05, 4.69) is 15.1 Å². The molecule has 0 aliphatic heterocycles. The maximum absolute atomic E-state index is 12.3. The minimum atomic E-state index is -4.72. The Labute approximate surface area is 123 Å². The molecule has 0 saturated carbocycles. The molecule has 0 aliphatic carbocycles. The fraction of sp³-hybridized carbons (Fsp3) is 0.308. The first-order chi connectivity index (χ1) is 9.80. The Bertz CT molecular complexity index is 627. The van der Waals surface area contributed by atoms with Gasteiger partial charge in [0.15, 0.2) is 0 Å². The lowest BCUT2D eigenvalue weighted by Crippen LogP contribution is -2.28. The van der Waals surface area contributed by atoms with Crippen LogP contribution in [0.2, 0.25) is 0 Å². The van der Waals surface area contributed by atoms with Gasteiger partial charge >= 0.3 is 6.36 Å². The first-order valence-corrected chi connectivity index (χ1v) is 6.87. The van der Waals surface area contributed by atoms with Gasteiger partial charge in [-0.2, -0.15) is 0 Å².